The van der Waals surface area contributed by atoms with Crippen molar-refractivity contribution in [2.75, 3.05) is 5.32 Å². The number of hydrogen-bond donors (Lipinski definition) is 2. The molecule has 0 saturated carbocycles. The van der Waals surface area contributed by atoms with Crippen molar-refractivity contribution >= 4 is 17.6 Å². The van der Waals surface area contributed by atoms with Crippen LogP contribution in [0.25, 0.3) is 0 Å². The summed E-state index contributed by atoms with van der Waals surface area (Å²) < 4.78 is 0. The molecule has 0 spiro atoms. The van der Waals surface area contributed by atoms with Crippen LogP contribution >= 0.6 is 0 Å². The van der Waals surface area contributed by atoms with Gasteiger partial charge in [-0.15, -0.1) is 0 Å². The molecule has 0 aliphatic heterocycles. The molecule has 1 rings (SSSR count). The van der Waals surface area contributed by atoms with Crippen molar-refractivity contribution in [2.45, 2.75) is 6.92 Å². The number of nitrogens with zero attached hydrogens (tertiary/aromatic N) is 1. The van der Waals surface area contributed by atoms with Crippen LogP contribution in [-0.4, -0.2) is 22.0 Å². The van der Waals surface area contributed by atoms with Crippen LogP contribution in [0.2, 0.25) is 0 Å². The Kier molecular flexibility index (Phi) is 2.59. The van der Waals surface area contributed by atoms with Crippen molar-refractivity contribution in [1.29, 1.82) is 0 Å². The van der Waals surface area contributed by atoms with Gasteiger partial charge in [-0.05, 0) is 12.1 Å². The summed E-state index contributed by atoms with van der Waals surface area (Å²) in [5, 5.41) is 10.5. The summed E-state index contributed by atoms with van der Waals surface area (Å²) in [5.41, 5.74) is 0.661. The summed E-state index contributed by atoms with van der Waals surface area (Å²) in [7, 11) is 0. The van der Waals surface area contributed by atoms with Crippen LogP contribution in [0.15, 0.2) is 18.3 Å². The van der Waals surface area contributed by atoms with Gasteiger partial charge in [0.15, 0.2) is 5.78 Å². The highest BCUT2D eigenvalue weighted by Gasteiger charge is 2.01. The van der Waals surface area contributed by atoms with E-state index in [1.165, 1.54) is 25.3 Å². The molecule has 13 heavy (non-hydrogen) atoms. The first-order valence-electron chi connectivity index (χ1n) is 3.56. The van der Waals surface area contributed by atoms with Crippen molar-refractivity contribution in [1.82, 2.24) is 4.98 Å². The molecule has 0 fully saturated rings. The average Bonchev–Trinajstić information content (AvgIpc) is 2.04. The molecule has 68 valence electrons. The third-order valence-corrected chi connectivity index (χ3v) is 1.38. The standard InChI is InChI=1S/C8H8N2O3/c1-5(11)7-3-2-6(4-9-7)10-8(12)13/h2-4,10H,1H3,(H,12,13). The first-order valence-corrected chi connectivity index (χ1v) is 3.56. The molecular weight excluding hydrogens is 172 g/mol. The molecular formula is C8H8N2O3. The molecule has 0 atom stereocenters. The minimum Gasteiger partial charge on any atom is -0.465 e. The Bertz CT molecular complexity index is 332. The van der Waals surface area contributed by atoms with Gasteiger partial charge in [-0.2, -0.15) is 0 Å². The van der Waals surface area contributed by atoms with Gasteiger partial charge in [-0.25, -0.2) is 4.79 Å². The molecule has 0 aromatic carbocycles. The predicted octanol–water partition coefficient (Wildman–Crippen LogP) is 1.37. The highest BCUT2D eigenvalue weighted by Crippen LogP contribution is 2.05. The summed E-state index contributed by atoms with van der Waals surface area (Å²) >= 11 is 0. The summed E-state index contributed by atoms with van der Waals surface area (Å²) in [6, 6.07) is 2.95. The number of carboxylic acid groups (broad SMARTS) is 1. The fourth-order valence-electron chi connectivity index (χ4n) is 0.800. The lowest BCUT2D eigenvalue weighted by atomic mass is 10.2. The second-order valence-electron chi connectivity index (χ2n) is 2.42. The zero-order valence-electron chi connectivity index (χ0n) is 6.94. The van der Waals surface area contributed by atoms with Crippen molar-refractivity contribution in [3.8, 4) is 0 Å². The quantitative estimate of drug-likeness (QED) is 0.673. The molecule has 0 aliphatic carbocycles. The number of amides is 1. The molecule has 1 heterocycles. The van der Waals surface area contributed by atoms with Gasteiger partial charge >= 0.3 is 6.09 Å². The fraction of sp³-hybridized carbons (Fsp3) is 0.125. The molecule has 0 aliphatic rings. The summed E-state index contributed by atoms with van der Waals surface area (Å²) in [6.07, 6.45) is 0.141. The van der Waals surface area contributed by atoms with Crippen molar-refractivity contribution in [2.24, 2.45) is 0 Å². The van der Waals surface area contributed by atoms with Gasteiger partial charge < -0.3 is 5.11 Å². The molecule has 0 bridgehead atoms. The number of rotatable bonds is 2. The Morgan fingerprint density at radius 2 is 2.15 bits per heavy atom. The predicted molar refractivity (Wildman–Crippen MR) is 45.9 cm³/mol. The highest BCUT2D eigenvalue weighted by molar-refractivity contribution is 5.92. The number of nitrogens with one attached hydrogen (secondary N) is 1. The van der Waals surface area contributed by atoms with Gasteiger partial charge in [-0.3, -0.25) is 15.1 Å². The lowest BCUT2D eigenvalue weighted by Crippen LogP contribution is -2.08. The van der Waals surface area contributed by atoms with E-state index in [9.17, 15) is 9.59 Å². The molecule has 0 saturated heterocycles. The lowest BCUT2D eigenvalue weighted by Gasteiger charge is -1.99. The topological polar surface area (TPSA) is 79.3 Å². The van der Waals surface area contributed by atoms with Crippen LogP contribution in [-0.2, 0) is 0 Å². The minimum atomic E-state index is -1.16. The second-order valence-corrected chi connectivity index (χ2v) is 2.42. The van der Waals surface area contributed by atoms with Gasteiger partial charge in [0.1, 0.15) is 5.69 Å². The third kappa shape index (κ3) is 2.55. The fourth-order valence-corrected chi connectivity index (χ4v) is 0.800. The third-order valence-electron chi connectivity index (χ3n) is 1.38. The SMILES string of the molecule is CC(=O)c1ccc(NC(=O)O)cn1. The first-order chi connectivity index (χ1) is 6.09. The van der Waals surface area contributed by atoms with Gasteiger partial charge in [0, 0.05) is 6.92 Å². The van der Waals surface area contributed by atoms with Crippen molar-refractivity contribution < 1.29 is 14.7 Å². The van der Waals surface area contributed by atoms with E-state index in [4.69, 9.17) is 5.11 Å². The van der Waals surface area contributed by atoms with Crippen LogP contribution in [0.4, 0.5) is 10.5 Å². The number of Topliss-reactive ketones (excluding diaryl/α,β-unsaturated/α-hetero) is 1. The summed E-state index contributed by atoms with van der Waals surface area (Å²) in [5.74, 6) is -0.151. The van der Waals surface area contributed by atoms with Crippen LogP contribution in [0.3, 0.4) is 0 Å². The first kappa shape index (κ1) is 9.18. The Labute approximate surface area is 74.4 Å². The Balaban J connectivity index is 2.81. The molecule has 5 nitrogen and oxygen atoms in total. The molecule has 1 amide bonds. The minimum absolute atomic E-state index is 0.151. The monoisotopic (exact) mass is 180 g/mol. The Morgan fingerprint density at radius 3 is 2.54 bits per heavy atom. The number of aromatic nitrogens is 1. The number of hydrogen-bond acceptors (Lipinski definition) is 3. The molecule has 0 unspecified atom stereocenters. The molecule has 1 aromatic rings. The van der Waals surface area contributed by atoms with Gasteiger partial charge in [-0.1, -0.05) is 0 Å². The van der Waals surface area contributed by atoms with E-state index in [2.05, 4.69) is 10.3 Å². The van der Waals surface area contributed by atoms with Gasteiger partial charge in [0.2, 0.25) is 0 Å². The van der Waals surface area contributed by atoms with Crippen molar-refractivity contribution in [3.05, 3.63) is 24.0 Å². The molecule has 5 heteroatoms. The summed E-state index contributed by atoms with van der Waals surface area (Å²) in [6.45, 7) is 1.40. The van der Waals surface area contributed by atoms with Crippen LogP contribution in [0, 0.1) is 0 Å². The van der Waals surface area contributed by atoms with E-state index >= 15 is 0 Å². The lowest BCUT2D eigenvalue weighted by molar-refractivity contribution is 0.101. The van der Waals surface area contributed by atoms with Crippen LogP contribution < -0.4 is 5.32 Å². The number of pyridine rings is 1. The normalized spacial score (nSPS) is 9.31. The maximum absolute atomic E-state index is 10.8. The number of carbonyl (C=O) groups excluding carboxylic acids is 1. The van der Waals surface area contributed by atoms with E-state index in [0.29, 0.717) is 11.4 Å². The summed E-state index contributed by atoms with van der Waals surface area (Å²) in [4.78, 5) is 24.7. The Hall–Kier alpha value is -1.91. The highest BCUT2D eigenvalue weighted by atomic mass is 16.4. The largest absolute Gasteiger partial charge is 0.465 e. The van der Waals surface area contributed by atoms with E-state index in [1.54, 1.807) is 0 Å². The molecule has 0 radical (unpaired) electrons. The van der Waals surface area contributed by atoms with E-state index < -0.39 is 6.09 Å². The molecule has 2 N–H and O–H groups in total. The zero-order valence-corrected chi connectivity index (χ0v) is 6.94. The molecule has 1 aromatic heterocycles. The van der Waals surface area contributed by atoms with Crippen LogP contribution in [0.1, 0.15) is 17.4 Å². The van der Waals surface area contributed by atoms with E-state index in [1.807, 2.05) is 0 Å². The van der Waals surface area contributed by atoms with Crippen molar-refractivity contribution in [3.63, 3.8) is 0 Å². The number of ketones is 1. The van der Waals surface area contributed by atoms with Crippen LogP contribution in [0.5, 0.6) is 0 Å². The Morgan fingerprint density at radius 1 is 1.46 bits per heavy atom. The zero-order chi connectivity index (χ0) is 9.84. The van der Waals surface area contributed by atoms with Gasteiger partial charge in [0.25, 0.3) is 0 Å². The maximum Gasteiger partial charge on any atom is 0.409 e. The number of anilines is 1. The second kappa shape index (κ2) is 3.66. The number of carbonyl (C=O) groups is 2. The average molecular weight is 180 g/mol. The van der Waals surface area contributed by atoms with E-state index in [-0.39, 0.29) is 5.78 Å². The maximum atomic E-state index is 10.8. The van der Waals surface area contributed by atoms with Gasteiger partial charge in [0.05, 0.1) is 11.9 Å². The smallest absolute Gasteiger partial charge is 0.409 e. The van der Waals surface area contributed by atoms with E-state index in [0.717, 1.165) is 0 Å².